The average Bonchev–Trinajstić information content (AvgIpc) is 2.92. The molecule has 1 aromatic heterocycles. The molecule has 2 heterocycles. The van der Waals surface area contributed by atoms with Crippen LogP contribution in [0.15, 0.2) is 54.9 Å². The topological polar surface area (TPSA) is 79.8 Å². The van der Waals surface area contributed by atoms with Crippen LogP contribution in [-0.4, -0.2) is 67.8 Å². The molecule has 1 aliphatic rings. The van der Waals surface area contributed by atoms with E-state index >= 15 is 0 Å². The number of carbonyl (C=O) groups excluding carboxylic acids is 1. The molecule has 1 saturated heterocycles. The number of anilines is 3. The summed E-state index contributed by atoms with van der Waals surface area (Å²) in [4.78, 5) is 25.6. The Morgan fingerprint density at radius 1 is 0.971 bits per heavy atom. The van der Waals surface area contributed by atoms with Crippen molar-refractivity contribution >= 4 is 35.4 Å². The van der Waals surface area contributed by atoms with Crippen molar-refractivity contribution in [3.8, 4) is 5.75 Å². The second kappa shape index (κ2) is 11.5. The molecular weight excluding hydrogens is 442 g/mol. The summed E-state index contributed by atoms with van der Waals surface area (Å²) in [5.41, 5.74) is 4.25. The molecule has 0 bridgehead atoms. The number of nitrogens with zero attached hydrogens (tertiary/aromatic N) is 4. The quantitative estimate of drug-likeness (QED) is 0.485. The second-order valence-electron chi connectivity index (χ2n) is 8.25. The van der Waals surface area contributed by atoms with E-state index in [2.05, 4.69) is 56.3 Å². The number of rotatable bonds is 8. The lowest BCUT2D eigenvalue weighted by atomic mass is 10.1. The van der Waals surface area contributed by atoms with Gasteiger partial charge in [0.2, 0.25) is 5.95 Å². The lowest BCUT2D eigenvalue weighted by molar-refractivity contribution is 0.0600. The zero-order chi connectivity index (χ0) is 24.6. The number of ether oxygens (including phenoxy) is 2. The van der Waals surface area contributed by atoms with Gasteiger partial charge in [-0.25, -0.2) is 14.8 Å². The molecule has 8 heteroatoms. The predicted molar refractivity (Wildman–Crippen MR) is 139 cm³/mol. The van der Waals surface area contributed by atoms with Gasteiger partial charge in [-0.1, -0.05) is 19.1 Å². The first-order valence-electron chi connectivity index (χ1n) is 11.7. The summed E-state index contributed by atoms with van der Waals surface area (Å²) in [7, 11) is 2.91. The van der Waals surface area contributed by atoms with Gasteiger partial charge in [0.1, 0.15) is 5.75 Å². The summed E-state index contributed by atoms with van der Waals surface area (Å²) >= 11 is 0. The number of piperazine rings is 1. The van der Waals surface area contributed by atoms with Crippen molar-refractivity contribution in [1.82, 2.24) is 14.9 Å². The summed E-state index contributed by atoms with van der Waals surface area (Å²) < 4.78 is 10.1. The Morgan fingerprint density at radius 3 is 2.29 bits per heavy atom. The normalized spacial score (nSPS) is 14.2. The highest BCUT2D eigenvalue weighted by Crippen LogP contribution is 2.22. The smallest absolute Gasteiger partial charge is 0.338 e. The first kappa shape index (κ1) is 24.2. The van der Waals surface area contributed by atoms with E-state index in [1.165, 1.54) is 12.8 Å². The van der Waals surface area contributed by atoms with Crippen LogP contribution in [0, 0.1) is 0 Å². The number of hydrogen-bond donors (Lipinski definition) is 1. The molecular formula is C27H31N5O3. The Kier molecular flexibility index (Phi) is 7.95. The molecule has 1 aliphatic heterocycles. The van der Waals surface area contributed by atoms with Gasteiger partial charge in [0, 0.05) is 55.5 Å². The molecule has 0 saturated carbocycles. The van der Waals surface area contributed by atoms with Crippen molar-refractivity contribution in [2.75, 3.05) is 57.2 Å². The molecule has 0 unspecified atom stereocenters. The minimum Gasteiger partial charge on any atom is -0.497 e. The van der Waals surface area contributed by atoms with E-state index in [0.29, 0.717) is 17.3 Å². The highest BCUT2D eigenvalue weighted by molar-refractivity contribution is 5.91. The van der Waals surface area contributed by atoms with Gasteiger partial charge in [0.25, 0.3) is 0 Å². The van der Waals surface area contributed by atoms with Crippen LogP contribution in [0.3, 0.4) is 0 Å². The van der Waals surface area contributed by atoms with Crippen molar-refractivity contribution in [3.05, 3.63) is 71.5 Å². The highest BCUT2D eigenvalue weighted by Gasteiger charge is 2.15. The van der Waals surface area contributed by atoms with Gasteiger partial charge in [0.15, 0.2) is 0 Å². The van der Waals surface area contributed by atoms with E-state index in [9.17, 15) is 4.79 Å². The lowest BCUT2D eigenvalue weighted by Crippen LogP contribution is -2.46. The van der Waals surface area contributed by atoms with Crippen molar-refractivity contribution in [2.45, 2.75) is 6.92 Å². The van der Waals surface area contributed by atoms with E-state index in [4.69, 9.17) is 9.47 Å². The van der Waals surface area contributed by atoms with Gasteiger partial charge in [0.05, 0.1) is 19.8 Å². The predicted octanol–water partition coefficient (Wildman–Crippen LogP) is 4.33. The zero-order valence-corrected chi connectivity index (χ0v) is 20.4. The van der Waals surface area contributed by atoms with Crippen molar-refractivity contribution < 1.29 is 14.3 Å². The Hall–Kier alpha value is -3.91. The van der Waals surface area contributed by atoms with Gasteiger partial charge in [-0.05, 0) is 54.6 Å². The maximum atomic E-state index is 11.9. The molecule has 8 nitrogen and oxygen atoms in total. The number of methoxy groups -OCH3 is 2. The summed E-state index contributed by atoms with van der Waals surface area (Å²) in [6, 6.07) is 13.6. The summed E-state index contributed by atoms with van der Waals surface area (Å²) in [6.45, 7) is 7.65. The Labute approximate surface area is 206 Å². The van der Waals surface area contributed by atoms with Gasteiger partial charge < -0.3 is 24.6 Å². The highest BCUT2D eigenvalue weighted by atomic mass is 16.5. The molecule has 1 N–H and O–H groups in total. The minimum absolute atomic E-state index is 0.413. The van der Waals surface area contributed by atoms with Gasteiger partial charge in [-0.15, -0.1) is 0 Å². The minimum atomic E-state index is -0.413. The number of esters is 1. The van der Waals surface area contributed by atoms with Crippen molar-refractivity contribution in [2.24, 2.45) is 0 Å². The van der Waals surface area contributed by atoms with E-state index in [-0.39, 0.29) is 0 Å². The Morgan fingerprint density at radius 2 is 1.66 bits per heavy atom. The van der Waals surface area contributed by atoms with Crippen LogP contribution in [0.2, 0.25) is 0 Å². The van der Waals surface area contributed by atoms with E-state index in [1.54, 1.807) is 31.6 Å². The van der Waals surface area contributed by atoms with Crippen LogP contribution < -0.4 is 15.0 Å². The number of nitrogens with one attached hydrogen (secondary N) is 1. The maximum Gasteiger partial charge on any atom is 0.338 e. The van der Waals surface area contributed by atoms with Crippen molar-refractivity contribution in [3.63, 3.8) is 0 Å². The van der Waals surface area contributed by atoms with Crippen LogP contribution in [-0.2, 0) is 4.74 Å². The third-order valence-electron chi connectivity index (χ3n) is 6.03. The lowest BCUT2D eigenvalue weighted by Gasteiger charge is -2.35. The SMILES string of the molecule is CCN1CCN(c2ccc(Nc3ncc(/C=C/c4cc(OC)cc(C(=O)OC)c4)cn3)cc2)CC1. The van der Waals surface area contributed by atoms with Crippen molar-refractivity contribution in [1.29, 1.82) is 0 Å². The van der Waals surface area contributed by atoms with Gasteiger partial charge in [-0.3, -0.25) is 0 Å². The van der Waals surface area contributed by atoms with Crippen LogP contribution in [0.25, 0.3) is 12.2 Å². The fourth-order valence-corrected chi connectivity index (χ4v) is 3.96. The summed E-state index contributed by atoms with van der Waals surface area (Å²) in [5.74, 6) is 0.697. The van der Waals surface area contributed by atoms with Gasteiger partial charge >= 0.3 is 5.97 Å². The number of carbonyl (C=O) groups is 1. The van der Waals surface area contributed by atoms with E-state index in [1.807, 2.05) is 18.2 Å². The fraction of sp³-hybridized carbons (Fsp3) is 0.296. The van der Waals surface area contributed by atoms with E-state index < -0.39 is 5.97 Å². The maximum absolute atomic E-state index is 11.9. The second-order valence-corrected chi connectivity index (χ2v) is 8.25. The molecule has 4 rings (SSSR count). The summed E-state index contributed by atoms with van der Waals surface area (Å²) in [6.07, 6.45) is 7.25. The van der Waals surface area contributed by atoms with Gasteiger partial charge in [-0.2, -0.15) is 0 Å². The Bertz CT molecular complexity index is 1150. The molecule has 0 radical (unpaired) electrons. The average molecular weight is 474 g/mol. The summed E-state index contributed by atoms with van der Waals surface area (Å²) in [5, 5.41) is 3.25. The van der Waals surface area contributed by atoms with Crippen LogP contribution in [0.5, 0.6) is 5.75 Å². The van der Waals surface area contributed by atoms with E-state index in [0.717, 1.165) is 49.5 Å². The number of likely N-dealkylation sites (N-methyl/N-ethyl adjacent to an activating group) is 1. The molecule has 2 aromatic carbocycles. The molecule has 35 heavy (non-hydrogen) atoms. The zero-order valence-electron chi connectivity index (χ0n) is 20.4. The van der Waals surface area contributed by atoms with Crippen LogP contribution >= 0.6 is 0 Å². The molecule has 0 aliphatic carbocycles. The molecule has 3 aromatic rings. The first-order chi connectivity index (χ1) is 17.1. The fourth-order valence-electron chi connectivity index (χ4n) is 3.96. The molecule has 182 valence electrons. The largest absolute Gasteiger partial charge is 0.497 e. The first-order valence-corrected chi connectivity index (χ1v) is 11.7. The van der Waals surface area contributed by atoms with Crippen LogP contribution in [0.4, 0.5) is 17.3 Å². The Balaban J connectivity index is 1.37. The molecule has 0 spiro atoms. The van der Waals surface area contributed by atoms with Crippen LogP contribution in [0.1, 0.15) is 28.4 Å². The number of hydrogen-bond acceptors (Lipinski definition) is 8. The third-order valence-corrected chi connectivity index (χ3v) is 6.03. The monoisotopic (exact) mass is 473 g/mol. The number of aromatic nitrogens is 2. The third kappa shape index (κ3) is 6.36. The molecule has 0 amide bonds. The molecule has 0 atom stereocenters. The molecule has 1 fully saturated rings. The standard InChI is InChI=1S/C27H31N5O3/c1-4-31-11-13-32(14-12-31)24-9-7-23(8-10-24)30-27-28-18-21(19-29-27)6-5-20-15-22(26(33)35-3)17-25(16-20)34-2/h5-10,15-19H,4,11-14H2,1-3H3,(H,28,29,30)/b6-5+. The number of benzene rings is 2.